The average molecular weight is 129 g/mol. The molecule has 0 aliphatic rings. The van der Waals surface area contributed by atoms with Crippen LogP contribution in [-0.4, -0.2) is 6.61 Å². The molecule has 0 aromatic carbocycles. The van der Waals surface area contributed by atoms with Crippen molar-refractivity contribution in [2.45, 2.75) is 27.7 Å². The van der Waals surface area contributed by atoms with Gasteiger partial charge in [0.15, 0.2) is 0 Å². The molecule has 0 aliphatic heterocycles. The van der Waals surface area contributed by atoms with Crippen molar-refractivity contribution in [2.24, 2.45) is 11.8 Å². The lowest BCUT2D eigenvalue weighted by atomic mass is 9.99. The number of hydrogen-bond acceptors (Lipinski definition) is 1. The molecule has 0 rings (SSSR count). The molecule has 1 heteroatoms. The maximum atomic E-state index is 5.13. The minimum absolute atomic E-state index is 0.668. The van der Waals surface area contributed by atoms with Gasteiger partial charge in [-0.25, -0.2) is 0 Å². The van der Waals surface area contributed by atoms with Crippen LogP contribution in [0.5, 0.6) is 0 Å². The Morgan fingerprint density at radius 2 is 1.89 bits per heavy atom. The van der Waals surface area contributed by atoms with E-state index in [1.807, 2.05) is 6.92 Å². The van der Waals surface area contributed by atoms with E-state index in [-0.39, 0.29) is 0 Å². The smallest absolute Gasteiger partial charge is 0.0806 e. The van der Waals surface area contributed by atoms with Gasteiger partial charge in [0.05, 0.1) is 6.61 Å². The van der Waals surface area contributed by atoms with E-state index < -0.39 is 0 Å². The molecule has 0 aromatic heterocycles. The summed E-state index contributed by atoms with van der Waals surface area (Å²) in [4.78, 5) is 0. The number of rotatable bonds is 4. The third-order valence-corrected chi connectivity index (χ3v) is 1.66. The van der Waals surface area contributed by atoms with Crippen molar-refractivity contribution in [1.82, 2.24) is 0 Å². The molecule has 1 radical (unpaired) electrons. The minimum Gasteiger partial charge on any atom is -0.376 e. The Kier molecular flexibility index (Phi) is 4.78. The predicted octanol–water partition coefficient (Wildman–Crippen LogP) is 2.48. The van der Waals surface area contributed by atoms with Gasteiger partial charge < -0.3 is 4.74 Å². The predicted molar refractivity (Wildman–Crippen MR) is 39.9 cm³/mol. The molecule has 0 bridgehead atoms. The standard InChI is InChI=1S/C8H17O/c1-5-9-6-8(4)7(2)3/h5,7-8H,6H2,1-4H3. The van der Waals surface area contributed by atoms with Gasteiger partial charge in [-0.1, -0.05) is 20.8 Å². The largest absolute Gasteiger partial charge is 0.376 e. The van der Waals surface area contributed by atoms with E-state index in [0.29, 0.717) is 5.92 Å². The van der Waals surface area contributed by atoms with Gasteiger partial charge >= 0.3 is 0 Å². The van der Waals surface area contributed by atoms with Crippen LogP contribution in [-0.2, 0) is 4.74 Å². The Morgan fingerprint density at radius 1 is 1.33 bits per heavy atom. The minimum atomic E-state index is 0.668. The zero-order valence-electron chi connectivity index (χ0n) is 6.85. The molecule has 55 valence electrons. The summed E-state index contributed by atoms with van der Waals surface area (Å²) in [5.74, 6) is 1.39. The van der Waals surface area contributed by atoms with Crippen molar-refractivity contribution in [3.63, 3.8) is 0 Å². The van der Waals surface area contributed by atoms with Gasteiger partial charge in [-0.3, -0.25) is 0 Å². The van der Waals surface area contributed by atoms with E-state index in [0.717, 1.165) is 12.5 Å². The van der Waals surface area contributed by atoms with Crippen molar-refractivity contribution < 1.29 is 4.74 Å². The monoisotopic (exact) mass is 129 g/mol. The maximum absolute atomic E-state index is 5.13. The van der Waals surface area contributed by atoms with E-state index in [1.165, 1.54) is 0 Å². The second-order valence-corrected chi connectivity index (χ2v) is 2.79. The van der Waals surface area contributed by atoms with Gasteiger partial charge in [-0.2, -0.15) is 0 Å². The van der Waals surface area contributed by atoms with Crippen LogP contribution in [0.2, 0.25) is 0 Å². The summed E-state index contributed by atoms with van der Waals surface area (Å²) >= 11 is 0. The van der Waals surface area contributed by atoms with Crippen LogP contribution in [0, 0.1) is 18.4 Å². The molecule has 0 aliphatic carbocycles. The third kappa shape index (κ3) is 4.46. The van der Waals surface area contributed by atoms with Crippen molar-refractivity contribution in [1.29, 1.82) is 0 Å². The van der Waals surface area contributed by atoms with E-state index >= 15 is 0 Å². The van der Waals surface area contributed by atoms with Gasteiger partial charge in [0.1, 0.15) is 0 Å². The molecule has 0 amide bonds. The fraction of sp³-hybridized carbons (Fsp3) is 0.875. The SMILES string of the molecule is C[CH]OCC(C)C(C)C. The van der Waals surface area contributed by atoms with Crippen LogP contribution in [0.15, 0.2) is 0 Å². The van der Waals surface area contributed by atoms with Crippen molar-refractivity contribution in [3.05, 3.63) is 6.61 Å². The Balaban J connectivity index is 3.16. The van der Waals surface area contributed by atoms with Gasteiger partial charge in [0, 0.05) is 6.61 Å². The molecule has 1 unspecified atom stereocenters. The van der Waals surface area contributed by atoms with Crippen LogP contribution >= 0.6 is 0 Å². The normalized spacial score (nSPS) is 14.3. The summed E-state index contributed by atoms with van der Waals surface area (Å²) in [5, 5.41) is 0. The lowest BCUT2D eigenvalue weighted by Crippen LogP contribution is -2.10. The molecule has 0 saturated heterocycles. The molecule has 0 heterocycles. The molecule has 0 N–H and O–H groups in total. The molecule has 9 heavy (non-hydrogen) atoms. The van der Waals surface area contributed by atoms with Gasteiger partial charge in [0.2, 0.25) is 0 Å². The first-order valence-corrected chi connectivity index (χ1v) is 3.58. The maximum Gasteiger partial charge on any atom is 0.0806 e. The third-order valence-electron chi connectivity index (χ3n) is 1.66. The topological polar surface area (TPSA) is 9.23 Å². The quantitative estimate of drug-likeness (QED) is 0.566. The first-order valence-electron chi connectivity index (χ1n) is 3.58. The zero-order chi connectivity index (χ0) is 7.28. The average Bonchev–Trinajstić information content (AvgIpc) is 1.82. The fourth-order valence-electron chi connectivity index (χ4n) is 0.440. The number of ether oxygens (including phenoxy) is 1. The molecule has 0 fully saturated rings. The van der Waals surface area contributed by atoms with E-state index in [2.05, 4.69) is 20.8 Å². The summed E-state index contributed by atoms with van der Waals surface area (Å²) < 4.78 is 5.13. The van der Waals surface area contributed by atoms with Crippen molar-refractivity contribution in [3.8, 4) is 0 Å². The van der Waals surface area contributed by atoms with Crippen molar-refractivity contribution >= 4 is 0 Å². The molecule has 0 aromatic rings. The van der Waals surface area contributed by atoms with Crippen LogP contribution in [0.25, 0.3) is 0 Å². The highest BCUT2D eigenvalue weighted by Crippen LogP contribution is 2.09. The molecule has 1 atom stereocenters. The summed E-state index contributed by atoms with van der Waals surface area (Å²) in [7, 11) is 0. The summed E-state index contributed by atoms with van der Waals surface area (Å²) in [6, 6.07) is 0. The van der Waals surface area contributed by atoms with E-state index in [1.54, 1.807) is 6.61 Å². The first kappa shape index (κ1) is 8.96. The Labute approximate surface area is 58.4 Å². The van der Waals surface area contributed by atoms with Crippen LogP contribution in [0.3, 0.4) is 0 Å². The molecular formula is C8H17O. The highest BCUT2D eigenvalue weighted by Gasteiger charge is 2.05. The van der Waals surface area contributed by atoms with Gasteiger partial charge in [-0.05, 0) is 18.8 Å². The first-order chi connectivity index (χ1) is 4.18. The van der Waals surface area contributed by atoms with Crippen LogP contribution in [0.4, 0.5) is 0 Å². The van der Waals surface area contributed by atoms with Gasteiger partial charge in [0.25, 0.3) is 0 Å². The molecular weight excluding hydrogens is 112 g/mol. The highest BCUT2D eigenvalue weighted by molar-refractivity contribution is 4.55. The second kappa shape index (κ2) is 4.80. The highest BCUT2D eigenvalue weighted by atomic mass is 16.5. The number of hydrogen-bond donors (Lipinski definition) is 0. The van der Waals surface area contributed by atoms with Crippen LogP contribution in [0.1, 0.15) is 27.7 Å². The zero-order valence-corrected chi connectivity index (χ0v) is 6.85. The Morgan fingerprint density at radius 3 is 2.22 bits per heavy atom. The fourth-order valence-corrected chi connectivity index (χ4v) is 0.440. The van der Waals surface area contributed by atoms with E-state index in [4.69, 9.17) is 4.74 Å². The lowest BCUT2D eigenvalue weighted by molar-refractivity contribution is 0.143. The summed E-state index contributed by atoms with van der Waals surface area (Å²) in [5.41, 5.74) is 0. The Hall–Kier alpha value is -0.0400. The second-order valence-electron chi connectivity index (χ2n) is 2.79. The summed E-state index contributed by atoms with van der Waals surface area (Å²) in [6.45, 7) is 11.1. The lowest BCUT2D eigenvalue weighted by Gasteiger charge is -2.13. The summed E-state index contributed by atoms with van der Waals surface area (Å²) in [6.07, 6.45) is 0. The van der Waals surface area contributed by atoms with E-state index in [9.17, 15) is 0 Å². The molecule has 1 nitrogen and oxygen atoms in total. The van der Waals surface area contributed by atoms with Gasteiger partial charge in [-0.15, -0.1) is 0 Å². The molecule has 0 saturated carbocycles. The van der Waals surface area contributed by atoms with Crippen LogP contribution < -0.4 is 0 Å². The Bertz CT molecular complexity index is 59.6. The molecule has 0 spiro atoms. The van der Waals surface area contributed by atoms with Crippen molar-refractivity contribution in [2.75, 3.05) is 6.61 Å².